The van der Waals surface area contributed by atoms with Gasteiger partial charge in [0.2, 0.25) is 6.33 Å². The molecule has 0 bridgehead atoms. The summed E-state index contributed by atoms with van der Waals surface area (Å²) in [5, 5.41) is 1.71. The highest BCUT2D eigenvalue weighted by atomic mass is 79.9. The summed E-state index contributed by atoms with van der Waals surface area (Å²) >= 11 is 0. The molecule has 31 heavy (non-hydrogen) atoms. The smallest absolute Gasteiger partial charge is 0.261 e. The number of hydrogen-bond acceptors (Lipinski definition) is 2. The van der Waals surface area contributed by atoms with Crippen molar-refractivity contribution in [3.05, 3.63) is 102 Å². The number of carbonyl (C=O) groups is 2. The van der Waals surface area contributed by atoms with Crippen molar-refractivity contribution in [1.29, 1.82) is 0 Å². The Morgan fingerprint density at radius 2 is 1.45 bits per heavy atom. The highest BCUT2D eigenvalue weighted by Crippen LogP contribution is 2.29. The van der Waals surface area contributed by atoms with Crippen LogP contribution in [0.5, 0.6) is 0 Å². The molecule has 2 amide bonds. The van der Waals surface area contributed by atoms with Crippen molar-refractivity contribution in [2.75, 3.05) is 6.54 Å². The van der Waals surface area contributed by atoms with Crippen molar-refractivity contribution >= 4 is 22.6 Å². The standard InChI is InChI=1S/C25H22N3O2.BrH/c29-24-21-11-4-9-20-10-5-12-22(23(20)21)25(30)28(24)14-6-13-26-15-16-27(18-26)17-19-7-2-1-3-8-19;/h1-5,7-12,15-16,18H,6,13-14,17H2;1H/q+1;/p-1. The lowest BCUT2D eigenvalue weighted by molar-refractivity contribution is -0.687. The molecule has 0 saturated carbocycles. The summed E-state index contributed by atoms with van der Waals surface area (Å²) in [5.41, 5.74) is 2.48. The molecule has 3 aromatic carbocycles. The number of aryl methyl sites for hydroxylation is 1. The van der Waals surface area contributed by atoms with Crippen LogP contribution < -0.4 is 21.5 Å². The summed E-state index contributed by atoms with van der Waals surface area (Å²) < 4.78 is 4.22. The summed E-state index contributed by atoms with van der Waals surface area (Å²) in [6.07, 6.45) is 6.83. The van der Waals surface area contributed by atoms with Gasteiger partial charge in [0.25, 0.3) is 11.8 Å². The Kier molecular flexibility index (Phi) is 6.00. The number of rotatable bonds is 6. The zero-order valence-electron chi connectivity index (χ0n) is 16.9. The molecule has 0 radical (unpaired) electrons. The number of benzene rings is 3. The van der Waals surface area contributed by atoms with Crippen LogP contribution >= 0.6 is 0 Å². The second-order valence-corrected chi connectivity index (χ2v) is 7.63. The molecule has 0 aliphatic carbocycles. The second-order valence-electron chi connectivity index (χ2n) is 7.63. The Hall–Kier alpha value is -3.25. The van der Waals surface area contributed by atoms with E-state index in [0.29, 0.717) is 24.1 Å². The fraction of sp³-hybridized carbons (Fsp3) is 0.160. The van der Waals surface area contributed by atoms with Crippen molar-refractivity contribution in [3.8, 4) is 0 Å². The van der Waals surface area contributed by atoms with Gasteiger partial charge in [-0.05, 0) is 23.1 Å². The van der Waals surface area contributed by atoms with E-state index in [1.165, 1.54) is 10.5 Å². The Morgan fingerprint density at radius 1 is 0.774 bits per heavy atom. The van der Waals surface area contributed by atoms with Crippen LogP contribution in [0.2, 0.25) is 0 Å². The fourth-order valence-electron chi connectivity index (χ4n) is 4.15. The van der Waals surface area contributed by atoms with Gasteiger partial charge in [0.05, 0.1) is 6.54 Å². The van der Waals surface area contributed by atoms with Gasteiger partial charge in [-0.15, -0.1) is 0 Å². The van der Waals surface area contributed by atoms with E-state index >= 15 is 0 Å². The van der Waals surface area contributed by atoms with Crippen LogP contribution in [-0.4, -0.2) is 27.8 Å². The highest BCUT2D eigenvalue weighted by molar-refractivity contribution is 6.25. The average Bonchev–Trinajstić information content (AvgIpc) is 3.22. The van der Waals surface area contributed by atoms with Crippen molar-refractivity contribution < 1.29 is 31.1 Å². The quantitative estimate of drug-likeness (QED) is 0.304. The van der Waals surface area contributed by atoms with Crippen LogP contribution in [0.25, 0.3) is 10.8 Å². The molecule has 6 heteroatoms. The molecule has 1 aliphatic heterocycles. The van der Waals surface area contributed by atoms with Crippen molar-refractivity contribution in [3.63, 3.8) is 0 Å². The monoisotopic (exact) mass is 475 g/mol. The van der Waals surface area contributed by atoms with E-state index in [0.717, 1.165) is 23.9 Å². The summed E-state index contributed by atoms with van der Waals surface area (Å²) in [6, 6.07) is 21.6. The first kappa shape index (κ1) is 21.0. The van der Waals surface area contributed by atoms with Crippen LogP contribution in [0.15, 0.2) is 85.5 Å². The molecule has 1 aromatic heterocycles. The number of nitrogens with zero attached hydrogens (tertiary/aromatic N) is 3. The van der Waals surface area contributed by atoms with E-state index < -0.39 is 0 Å². The highest BCUT2D eigenvalue weighted by Gasteiger charge is 2.32. The summed E-state index contributed by atoms with van der Waals surface area (Å²) in [4.78, 5) is 27.3. The third-order valence-electron chi connectivity index (χ3n) is 5.61. The van der Waals surface area contributed by atoms with Crippen molar-refractivity contribution in [1.82, 2.24) is 9.47 Å². The van der Waals surface area contributed by atoms with E-state index in [2.05, 4.69) is 27.6 Å². The third-order valence-corrected chi connectivity index (χ3v) is 5.61. The van der Waals surface area contributed by atoms with Crippen molar-refractivity contribution in [2.24, 2.45) is 0 Å². The number of amides is 2. The van der Waals surface area contributed by atoms with Gasteiger partial charge in [0, 0.05) is 29.5 Å². The van der Waals surface area contributed by atoms with E-state index in [1.807, 2.05) is 67.0 Å². The molecule has 0 spiro atoms. The Labute approximate surface area is 191 Å². The van der Waals surface area contributed by atoms with E-state index in [4.69, 9.17) is 0 Å². The number of carbonyl (C=O) groups excluding carboxylic acids is 2. The minimum Gasteiger partial charge on any atom is -1.00 e. The topological polar surface area (TPSA) is 46.2 Å². The maximum atomic E-state index is 13.0. The SMILES string of the molecule is O=C1c2cccc3cccc(c23)C(=O)N1CCCn1cc[n+](Cc2ccccc2)c1.[Br-]. The molecule has 5 nitrogen and oxygen atoms in total. The first-order valence-corrected chi connectivity index (χ1v) is 10.2. The lowest BCUT2D eigenvalue weighted by Gasteiger charge is -2.26. The third kappa shape index (κ3) is 4.03. The Bertz CT molecular complexity index is 1200. The maximum absolute atomic E-state index is 13.0. The summed E-state index contributed by atoms with van der Waals surface area (Å²) in [7, 11) is 0. The van der Waals surface area contributed by atoms with Gasteiger partial charge in [0.15, 0.2) is 0 Å². The minimum absolute atomic E-state index is 0. The van der Waals surface area contributed by atoms with Gasteiger partial charge in [-0.1, -0.05) is 54.6 Å². The number of imidazole rings is 1. The van der Waals surface area contributed by atoms with Gasteiger partial charge in [-0.25, -0.2) is 9.13 Å². The maximum Gasteiger partial charge on any atom is 0.261 e. The first-order valence-electron chi connectivity index (χ1n) is 10.2. The lowest BCUT2D eigenvalue weighted by atomic mass is 9.94. The normalized spacial score (nSPS) is 12.8. The Morgan fingerprint density at radius 3 is 2.13 bits per heavy atom. The molecule has 156 valence electrons. The van der Waals surface area contributed by atoms with Crippen LogP contribution in [0.1, 0.15) is 32.7 Å². The predicted octanol–water partition coefficient (Wildman–Crippen LogP) is 0.667. The Balaban J connectivity index is 0.00000231. The molecule has 2 heterocycles. The van der Waals surface area contributed by atoms with Crippen LogP contribution in [-0.2, 0) is 13.1 Å². The van der Waals surface area contributed by atoms with Gasteiger partial charge in [-0.3, -0.25) is 14.5 Å². The fourth-order valence-corrected chi connectivity index (χ4v) is 4.15. The first-order chi connectivity index (χ1) is 14.7. The zero-order chi connectivity index (χ0) is 20.5. The van der Waals surface area contributed by atoms with Gasteiger partial charge in [-0.2, -0.15) is 0 Å². The van der Waals surface area contributed by atoms with Gasteiger partial charge in [0.1, 0.15) is 18.9 Å². The van der Waals surface area contributed by atoms with Gasteiger partial charge >= 0.3 is 0 Å². The van der Waals surface area contributed by atoms with Crippen molar-refractivity contribution in [2.45, 2.75) is 19.5 Å². The number of halogens is 1. The predicted molar refractivity (Wildman–Crippen MR) is 114 cm³/mol. The number of hydrogen-bond donors (Lipinski definition) is 0. The molecule has 1 aliphatic rings. The summed E-state index contributed by atoms with van der Waals surface area (Å²) in [5.74, 6) is -0.396. The lowest BCUT2D eigenvalue weighted by Crippen LogP contribution is -3.00. The molecule has 0 fully saturated rings. The van der Waals surface area contributed by atoms with E-state index in [1.54, 1.807) is 0 Å². The molecule has 0 N–H and O–H groups in total. The molecule has 0 unspecified atom stereocenters. The van der Waals surface area contributed by atoms with E-state index in [-0.39, 0.29) is 28.8 Å². The average molecular weight is 476 g/mol. The van der Waals surface area contributed by atoms with Crippen LogP contribution in [0.4, 0.5) is 0 Å². The molecule has 0 atom stereocenters. The molecular weight excluding hydrogens is 454 g/mol. The van der Waals surface area contributed by atoms with Crippen LogP contribution in [0, 0.1) is 0 Å². The molecule has 0 saturated heterocycles. The molecule has 4 aromatic rings. The minimum atomic E-state index is -0.198. The second kappa shape index (κ2) is 8.86. The summed E-state index contributed by atoms with van der Waals surface area (Å²) in [6.45, 7) is 1.96. The molecular formula is C25H22BrN3O2. The number of aromatic nitrogens is 2. The van der Waals surface area contributed by atoms with Gasteiger partial charge < -0.3 is 17.0 Å². The number of imide groups is 1. The molecule has 5 rings (SSSR count). The van der Waals surface area contributed by atoms with E-state index in [9.17, 15) is 9.59 Å². The van der Waals surface area contributed by atoms with Crippen LogP contribution in [0.3, 0.4) is 0 Å². The largest absolute Gasteiger partial charge is 1.00 e. The zero-order valence-corrected chi connectivity index (χ0v) is 18.5.